The van der Waals surface area contributed by atoms with Crippen molar-refractivity contribution in [2.45, 2.75) is 33.7 Å². The third kappa shape index (κ3) is 2.42. The fourth-order valence-electron chi connectivity index (χ4n) is 2.92. The van der Waals surface area contributed by atoms with Crippen LogP contribution in [0.4, 0.5) is 11.8 Å². The van der Waals surface area contributed by atoms with Gasteiger partial charge in [-0.25, -0.2) is 4.98 Å². The molecule has 0 bridgehead atoms. The highest BCUT2D eigenvalue weighted by atomic mass is 15.4. The van der Waals surface area contributed by atoms with Gasteiger partial charge in [0, 0.05) is 37.8 Å². The van der Waals surface area contributed by atoms with Crippen LogP contribution < -0.4 is 10.6 Å². The Hall–Kier alpha value is -1.89. The van der Waals surface area contributed by atoms with Gasteiger partial charge in [0.05, 0.1) is 0 Å². The van der Waals surface area contributed by atoms with Gasteiger partial charge in [0.1, 0.15) is 11.6 Å². The van der Waals surface area contributed by atoms with E-state index in [0.29, 0.717) is 17.8 Å². The molecule has 2 aromatic heterocycles. The summed E-state index contributed by atoms with van der Waals surface area (Å²) in [7, 11) is 0. The van der Waals surface area contributed by atoms with Crippen molar-refractivity contribution in [2.24, 2.45) is 0 Å². The number of aryl methyl sites for hydroxylation is 2. The molecule has 1 aliphatic rings. The molecule has 0 aromatic carbocycles. The zero-order valence-electron chi connectivity index (χ0n) is 13.2. The Bertz CT molecular complexity index is 653. The maximum absolute atomic E-state index is 6.03. The summed E-state index contributed by atoms with van der Waals surface area (Å²) in [5.41, 5.74) is 7.88. The van der Waals surface area contributed by atoms with E-state index in [0.717, 1.165) is 43.2 Å². The van der Waals surface area contributed by atoms with Crippen molar-refractivity contribution < 1.29 is 0 Å². The number of anilines is 2. The lowest BCUT2D eigenvalue weighted by molar-refractivity contribution is 0.209. The van der Waals surface area contributed by atoms with Crippen molar-refractivity contribution in [1.29, 1.82) is 0 Å². The predicted molar refractivity (Wildman–Crippen MR) is 83.6 cm³/mol. The number of nitrogens with two attached hydrogens (primary N) is 1. The number of nitrogens with zero attached hydrogens (tertiary/aromatic N) is 6. The molecule has 7 heteroatoms. The van der Waals surface area contributed by atoms with Crippen molar-refractivity contribution in [2.75, 3.05) is 36.8 Å². The van der Waals surface area contributed by atoms with Gasteiger partial charge >= 0.3 is 0 Å². The molecule has 1 saturated heterocycles. The van der Waals surface area contributed by atoms with Crippen molar-refractivity contribution in [3.05, 3.63) is 11.4 Å². The quantitative estimate of drug-likeness (QED) is 0.883. The largest absolute Gasteiger partial charge is 0.368 e. The number of aromatic nitrogens is 4. The third-order valence-corrected chi connectivity index (χ3v) is 4.17. The van der Waals surface area contributed by atoms with Gasteiger partial charge in [-0.3, -0.25) is 4.90 Å². The third-order valence-electron chi connectivity index (χ3n) is 4.17. The normalized spacial score (nSPS) is 17.1. The summed E-state index contributed by atoms with van der Waals surface area (Å²) >= 11 is 0. The van der Waals surface area contributed by atoms with Crippen molar-refractivity contribution in [1.82, 2.24) is 24.5 Å². The fourth-order valence-corrected chi connectivity index (χ4v) is 2.92. The highest BCUT2D eigenvalue weighted by Crippen LogP contribution is 2.24. The minimum atomic E-state index is 0.400. The Labute approximate surface area is 124 Å². The van der Waals surface area contributed by atoms with Gasteiger partial charge in [0.15, 0.2) is 5.65 Å². The predicted octanol–water partition coefficient (Wildman–Crippen LogP) is 0.854. The minimum absolute atomic E-state index is 0.400. The summed E-state index contributed by atoms with van der Waals surface area (Å²) in [6.45, 7) is 12.4. The van der Waals surface area contributed by atoms with Crippen LogP contribution in [0.3, 0.4) is 0 Å². The Kier molecular flexibility index (Phi) is 3.44. The molecule has 21 heavy (non-hydrogen) atoms. The van der Waals surface area contributed by atoms with E-state index in [1.165, 1.54) is 0 Å². The lowest BCUT2D eigenvalue weighted by Crippen LogP contribution is -2.49. The Balaban J connectivity index is 1.93. The van der Waals surface area contributed by atoms with E-state index >= 15 is 0 Å². The Morgan fingerprint density at radius 3 is 2.33 bits per heavy atom. The summed E-state index contributed by atoms with van der Waals surface area (Å²) in [6, 6.07) is 0.591. The molecule has 0 aliphatic carbocycles. The van der Waals surface area contributed by atoms with Crippen LogP contribution >= 0.6 is 0 Å². The van der Waals surface area contributed by atoms with E-state index in [4.69, 9.17) is 5.73 Å². The molecule has 0 unspecified atom stereocenters. The molecule has 0 radical (unpaired) electrons. The number of hydrogen-bond donors (Lipinski definition) is 1. The van der Waals surface area contributed by atoms with Gasteiger partial charge in [-0.1, -0.05) is 0 Å². The maximum Gasteiger partial charge on any atom is 0.225 e. The van der Waals surface area contributed by atoms with Crippen molar-refractivity contribution >= 4 is 17.4 Å². The molecule has 1 fully saturated rings. The van der Waals surface area contributed by atoms with Crippen LogP contribution in [0.1, 0.15) is 25.2 Å². The molecule has 3 heterocycles. The average Bonchev–Trinajstić information content (AvgIpc) is 2.86. The van der Waals surface area contributed by atoms with Crippen LogP contribution in [0.15, 0.2) is 0 Å². The van der Waals surface area contributed by atoms with E-state index in [9.17, 15) is 0 Å². The van der Waals surface area contributed by atoms with Gasteiger partial charge < -0.3 is 10.6 Å². The first kappa shape index (κ1) is 14.1. The average molecular weight is 289 g/mol. The van der Waals surface area contributed by atoms with Crippen LogP contribution in [-0.4, -0.2) is 56.7 Å². The first-order valence-electron chi connectivity index (χ1n) is 7.46. The molecule has 0 saturated carbocycles. The topological polar surface area (TPSA) is 75.6 Å². The van der Waals surface area contributed by atoms with Crippen LogP contribution in [0, 0.1) is 13.8 Å². The fraction of sp³-hybridized carbons (Fsp3) is 0.643. The Morgan fingerprint density at radius 1 is 1.05 bits per heavy atom. The van der Waals surface area contributed by atoms with Gasteiger partial charge in [0.2, 0.25) is 5.95 Å². The SMILES string of the molecule is Cc1nc2c(C)c(N3CCN(C(C)C)CC3)nc(N)n2n1. The second-order valence-electron chi connectivity index (χ2n) is 5.93. The maximum atomic E-state index is 6.03. The monoisotopic (exact) mass is 289 g/mol. The highest BCUT2D eigenvalue weighted by molar-refractivity contribution is 5.63. The van der Waals surface area contributed by atoms with E-state index in [-0.39, 0.29) is 0 Å². The highest BCUT2D eigenvalue weighted by Gasteiger charge is 2.23. The molecule has 0 atom stereocenters. The zero-order chi connectivity index (χ0) is 15.1. The van der Waals surface area contributed by atoms with Crippen LogP contribution in [0.25, 0.3) is 5.65 Å². The summed E-state index contributed by atoms with van der Waals surface area (Å²) in [6.07, 6.45) is 0. The van der Waals surface area contributed by atoms with Crippen LogP contribution in [0.2, 0.25) is 0 Å². The second-order valence-corrected chi connectivity index (χ2v) is 5.93. The number of rotatable bonds is 2. The molecule has 7 nitrogen and oxygen atoms in total. The first-order chi connectivity index (χ1) is 9.97. The van der Waals surface area contributed by atoms with E-state index in [1.807, 2.05) is 13.8 Å². The minimum Gasteiger partial charge on any atom is -0.368 e. The molecule has 114 valence electrons. The summed E-state index contributed by atoms with van der Waals surface area (Å²) in [4.78, 5) is 13.8. The molecular weight excluding hydrogens is 266 g/mol. The lowest BCUT2D eigenvalue weighted by Gasteiger charge is -2.38. The molecule has 2 aromatic rings. The van der Waals surface area contributed by atoms with Gasteiger partial charge in [-0.05, 0) is 27.7 Å². The molecular formula is C14H23N7. The number of nitrogen functional groups attached to an aromatic ring is 1. The van der Waals surface area contributed by atoms with Crippen LogP contribution in [-0.2, 0) is 0 Å². The van der Waals surface area contributed by atoms with Gasteiger partial charge in [-0.15, -0.1) is 5.10 Å². The second kappa shape index (κ2) is 5.14. The van der Waals surface area contributed by atoms with Gasteiger partial charge in [0.25, 0.3) is 0 Å². The summed E-state index contributed by atoms with van der Waals surface area (Å²) in [5.74, 6) is 2.06. The molecule has 0 amide bonds. The molecule has 1 aliphatic heterocycles. The summed E-state index contributed by atoms with van der Waals surface area (Å²) < 4.78 is 1.62. The summed E-state index contributed by atoms with van der Waals surface area (Å²) in [5, 5.41) is 4.29. The van der Waals surface area contributed by atoms with Crippen LogP contribution in [0.5, 0.6) is 0 Å². The van der Waals surface area contributed by atoms with Gasteiger partial charge in [-0.2, -0.15) is 9.50 Å². The Morgan fingerprint density at radius 2 is 1.71 bits per heavy atom. The smallest absolute Gasteiger partial charge is 0.225 e. The lowest BCUT2D eigenvalue weighted by atomic mass is 10.2. The first-order valence-corrected chi connectivity index (χ1v) is 7.46. The molecule has 0 spiro atoms. The van der Waals surface area contributed by atoms with E-state index < -0.39 is 0 Å². The van der Waals surface area contributed by atoms with Crippen molar-refractivity contribution in [3.8, 4) is 0 Å². The number of fused-ring (bicyclic) bond motifs is 1. The standard InChI is InChI=1S/C14H23N7/c1-9(2)19-5-7-20(8-6-19)12-10(3)13-16-11(4)18-21(13)14(15)17-12/h9H,5-8H2,1-4H3,(H2,15,17). The van der Waals surface area contributed by atoms with Crippen molar-refractivity contribution in [3.63, 3.8) is 0 Å². The zero-order valence-corrected chi connectivity index (χ0v) is 13.2. The number of piperazine rings is 1. The van der Waals surface area contributed by atoms with E-state index in [1.54, 1.807) is 4.52 Å². The molecule has 3 rings (SSSR count). The van der Waals surface area contributed by atoms with E-state index in [2.05, 4.69) is 38.7 Å². The number of hydrogen-bond acceptors (Lipinski definition) is 6. The molecule has 2 N–H and O–H groups in total.